The first-order chi connectivity index (χ1) is 6.70. The summed E-state index contributed by atoms with van der Waals surface area (Å²) in [7, 11) is 0. The SMILES string of the molecule is CC1CCCc2c(F)cccc2C1N. The van der Waals surface area contributed by atoms with Crippen LogP contribution in [0.2, 0.25) is 0 Å². The molecule has 0 radical (unpaired) electrons. The Morgan fingerprint density at radius 3 is 3.00 bits per heavy atom. The molecule has 0 heterocycles. The van der Waals surface area contributed by atoms with Crippen molar-refractivity contribution in [2.24, 2.45) is 11.7 Å². The van der Waals surface area contributed by atoms with Crippen LogP contribution in [0.15, 0.2) is 18.2 Å². The second kappa shape index (κ2) is 3.70. The molecule has 0 bridgehead atoms. The molecule has 0 amide bonds. The minimum atomic E-state index is -0.0907. The number of hydrogen-bond acceptors (Lipinski definition) is 1. The highest BCUT2D eigenvalue weighted by Gasteiger charge is 2.22. The first kappa shape index (κ1) is 9.66. The first-order valence-corrected chi connectivity index (χ1v) is 5.23. The molecule has 0 aromatic heterocycles. The molecule has 76 valence electrons. The van der Waals surface area contributed by atoms with E-state index in [4.69, 9.17) is 5.73 Å². The normalized spacial score (nSPS) is 26.8. The van der Waals surface area contributed by atoms with Gasteiger partial charge in [0.1, 0.15) is 5.82 Å². The van der Waals surface area contributed by atoms with Crippen molar-refractivity contribution in [3.05, 3.63) is 35.1 Å². The highest BCUT2D eigenvalue weighted by atomic mass is 19.1. The summed E-state index contributed by atoms with van der Waals surface area (Å²) < 4.78 is 13.5. The molecule has 2 N–H and O–H groups in total. The Bertz CT molecular complexity index is 335. The lowest BCUT2D eigenvalue weighted by Gasteiger charge is -2.18. The molecule has 0 spiro atoms. The van der Waals surface area contributed by atoms with Crippen molar-refractivity contribution in [1.82, 2.24) is 0 Å². The van der Waals surface area contributed by atoms with Crippen LogP contribution in [0.25, 0.3) is 0 Å². The van der Waals surface area contributed by atoms with Crippen LogP contribution in [-0.4, -0.2) is 0 Å². The smallest absolute Gasteiger partial charge is 0.126 e. The molecule has 0 fully saturated rings. The Kier molecular flexibility index (Phi) is 2.55. The van der Waals surface area contributed by atoms with E-state index >= 15 is 0 Å². The van der Waals surface area contributed by atoms with Crippen molar-refractivity contribution in [2.75, 3.05) is 0 Å². The zero-order chi connectivity index (χ0) is 10.1. The highest BCUT2D eigenvalue weighted by Crippen LogP contribution is 2.32. The number of fused-ring (bicyclic) bond motifs is 1. The second-order valence-corrected chi connectivity index (χ2v) is 4.20. The molecule has 2 unspecified atom stereocenters. The van der Waals surface area contributed by atoms with Crippen LogP contribution in [0, 0.1) is 11.7 Å². The van der Waals surface area contributed by atoms with Gasteiger partial charge in [-0.1, -0.05) is 19.1 Å². The number of benzene rings is 1. The van der Waals surface area contributed by atoms with Crippen LogP contribution in [0.3, 0.4) is 0 Å². The molecule has 1 aliphatic carbocycles. The maximum atomic E-state index is 13.5. The van der Waals surface area contributed by atoms with Crippen LogP contribution >= 0.6 is 0 Å². The molecule has 0 aliphatic heterocycles. The molecule has 2 atom stereocenters. The van der Waals surface area contributed by atoms with Crippen molar-refractivity contribution in [3.63, 3.8) is 0 Å². The van der Waals surface area contributed by atoms with Crippen LogP contribution in [0.5, 0.6) is 0 Å². The third kappa shape index (κ3) is 1.55. The third-order valence-corrected chi connectivity index (χ3v) is 3.21. The van der Waals surface area contributed by atoms with Crippen molar-refractivity contribution in [2.45, 2.75) is 32.2 Å². The number of rotatable bonds is 0. The first-order valence-electron chi connectivity index (χ1n) is 5.23. The van der Waals surface area contributed by atoms with E-state index in [-0.39, 0.29) is 11.9 Å². The molecule has 1 aromatic carbocycles. The average molecular weight is 193 g/mol. The maximum Gasteiger partial charge on any atom is 0.126 e. The van der Waals surface area contributed by atoms with Gasteiger partial charge in [0.15, 0.2) is 0 Å². The Labute approximate surface area is 84.1 Å². The summed E-state index contributed by atoms with van der Waals surface area (Å²) in [5.74, 6) is 0.366. The summed E-state index contributed by atoms with van der Waals surface area (Å²) in [5.41, 5.74) is 7.94. The maximum absolute atomic E-state index is 13.5. The summed E-state index contributed by atoms with van der Waals surface area (Å²) in [4.78, 5) is 0. The van der Waals surface area contributed by atoms with Gasteiger partial charge in [-0.3, -0.25) is 0 Å². The van der Waals surface area contributed by atoms with Crippen molar-refractivity contribution in [3.8, 4) is 0 Å². The van der Waals surface area contributed by atoms with E-state index in [1.807, 2.05) is 6.07 Å². The van der Waals surface area contributed by atoms with Gasteiger partial charge in [0.2, 0.25) is 0 Å². The molecule has 1 aliphatic rings. The van der Waals surface area contributed by atoms with Gasteiger partial charge >= 0.3 is 0 Å². The molecule has 14 heavy (non-hydrogen) atoms. The summed E-state index contributed by atoms with van der Waals surface area (Å²) in [6.07, 6.45) is 2.97. The lowest BCUT2D eigenvalue weighted by Crippen LogP contribution is -2.18. The summed E-state index contributed by atoms with van der Waals surface area (Å²) >= 11 is 0. The van der Waals surface area contributed by atoms with E-state index in [0.717, 1.165) is 30.4 Å². The van der Waals surface area contributed by atoms with Gasteiger partial charge in [-0.25, -0.2) is 4.39 Å². The molecular formula is C12H16FN. The highest BCUT2D eigenvalue weighted by molar-refractivity contribution is 5.32. The molecule has 0 saturated carbocycles. The largest absolute Gasteiger partial charge is 0.324 e. The lowest BCUT2D eigenvalue weighted by atomic mass is 9.93. The van der Waals surface area contributed by atoms with Gasteiger partial charge in [0.05, 0.1) is 0 Å². The predicted molar refractivity (Wildman–Crippen MR) is 55.4 cm³/mol. The van der Waals surface area contributed by atoms with Gasteiger partial charge < -0.3 is 5.73 Å². The third-order valence-electron chi connectivity index (χ3n) is 3.21. The Hall–Kier alpha value is -0.890. The van der Waals surface area contributed by atoms with E-state index in [1.54, 1.807) is 6.07 Å². The van der Waals surface area contributed by atoms with Gasteiger partial charge in [0, 0.05) is 6.04 Å². The molecular weight excluding hydrogens is 177 g/mol. The van der Waals surface area contributed by atoms with Crippen LogP contribution in [0.4, 0.5) is 4.39 Å². The topological polar surface area (TPSA) is 26.0 Å². The fourth-order valence-electron chi connectivity index (χ4n) is 2.24. The Balaban J connectivity index is 2.48. The molecule has 1 nitrogen and oxygen atoms in total. The minimum absolute atomic E-state index is 0.00296. The minimum Gasteiger partial charge on any atom is -0.324 e. The monoisotopic (exact) mass is 193 g/mol. The van der Waals surface area contributed by atoms with E-state index in [2.05, 4.69) is 6.92 Å². The van der Waals surface area contributed by atoms with Gasteiger partial charge in [-0.15, -0.1) is 0 Å². The van der Waals surface area contributed by atoms with Crippen molar-refractivity contribution >= 4 is 0 Å². The second-order valence-electron chi connectivity index (χ2n) is 4.20. The molecule has 1 aromatic rings. The van der Waals surface area contributed by atoms with Gasteiger partial charge in [-0.2, -0.15) is 0 Å². The fourth-order valence-corrected chi connectivity index (χ4v) is 2.24. The Morgan fingerprint density at radius 1 is 1.43 bits per heavy atom. The van der Waals surface area contributed by atoms with Crippen LogP contribution < -0.4 is 5.73 Å². The standard InChI is InChI=1S/C12H16FN/c1-8-4-2-5-9-10(12(8)14)6-3-7-11(9)13/h3,6-8,12H,2,4-5,14H2,1H3. The number of nitrogens with two attached hydrogens (primary N) is 1. The van der Waals surface area contributed by atoms with Gasteiger partial charge in [-0.05, 0) is 42.4 Å². The number of halogens is 1. The Morgan fingerprint density at radius 2 is 2.21 bits per heavy atom. The van der Waals surface area contributed by atoms with E-state index in [0.29, 0.717) is 5.92 Å². The average Bonchev–Trinajstić information content (AvgIpc) is 2.31. The van der Waals surface area contributed by atoms with Gasteiger partial charge in [0.25, 0.3) is 0 Å². The zero-order valence-electron chi connectivity index (χ0n) is 8.46. The molecule has 2 heteroatoms. The van der Waals surface area contributed by atoms with Crippen molar-refractivity contribution < 1.29 is 4.39 Å². The summed E-state index contributed by atoms with van der Waals surface area (Å²) in [5, 5.41) is 0. The van der Waals surface area contributed by atoms with Crippen LogP contribution in [0.1, 0.15) is 36.9 Å². The van der Waals surface area contributed by atoms with E-state index < -0.39 is 0 Å². The molecule has 2 rings (SSSR count). The fraction of sp³-hybridized carbons (Fsp3) is 0.500. The summed E-state index contributed by atoms with van der Waals surface area (Å²) in [6.45, 7) is 2.14. The van der Waals surface area contributed by atoms with E-state index in [9.17, 15) is 4.39 Å². The van der Waals surface area contributed by atoms with Crippen molar-refractivity contribution in [1.29, 1.82) is 0 Å². The number of hydrogen-bond donors (Lipinski definition) is 1. The zero-order valence-corrected chi connectivity index (χ0v) is 8.46. The quantitative estimate of drug-likeness (QED) is 0.630. The lowest BCUT2D eigenvalue weighted by molar-refractivity contribution is 0.441. The van der Waals surface area contributed by atoms with Crippen LogP contribution in [-0.2, 0) is 6.42 Å². The predicted octanol–water partition coefficient (Wildman–Crippen LogP) is 2.80. The van der Waals surface area contributed by atoms with E-state index in [1.165, 1.54) is 6.07 Å². The summed E-state index contributed by atoms with van der Waals surface area (Å²) in [6, 6.07) is 5.25. The molecule has 0 saturated heterocycles.